The van der Waals surface area contributed by atoms with Gasteiger partial charge in [0.1, 0.15) is 4.90 Å². The third-order valence-electron chi connectivity index (χ3n) is 3.35. The smallest absolute Gasteiger partial charge is 0.246 e. The normalized spacial score (nSPS) is 12.5. The van der Waals surface area contributed by atoms with E-state index in [2.05, 4.69) is 22.4 Å². The van der Waals surface area contributed by atoms with Gasteiger partial charge in [-0.05, 0) is 13.3 Å². The van der Waals surface area contributed by atoms with Crippen LogP contribution < -0.4 is 5.32 Å². The number of aromatic amines is 1. The number of hydrogen-bond donors (Lipinski definition) is 2. The molecule has 0 aliphatic heterocycles. The molecule has 1 aromatic heterocycles. The first-order valence-corrected chi connectivity index (χ1v) is 9.05. The van der Waals surface area contributed by atoms with Gasteiger partial charge in [-0.1, -0.05) is 34.1 Å². The lowest BCUT2D eigenvalue weighted by Gasteiger charge is -2.20. The summed E-state index contributed by atoms with van der Waals surface area (Å²) < 4.78 is 27.2. The zero-order chi connectivity index (χ0) is 16.0. The van der Waals surface area contributed by atoms with Gasteiger partial charge in [0.15, 0.2) is 0 Å². The molecule has 0 fully saturated rings. The molecule has 0 aromatic carbocycles. The molecule has 7 heteroatoms. The van der Waals surface area contributed by atoms with E-state index in [0.29, 0.717) is 35.9 Å². The van der Waals surface area contributed by atoms with E-state index in [1.54, 1.807) is 6.92 Å². The quantitative estimate of drug-likeness (QED) is 0.730. The molecule has 2 N–H and O–H groups in total. The standard InChI is InChI=1S/C14H28N4O2S/c1-6-8-9-18(7-2)21(19,20)14-12(5)16-17-13(14)10-15-11(3)4/h11,15H,6-10H2,1-5H3,(H,16,17). The van der Waals surface area contributed by atoms with Gasteiger partial charge < -0.3 is 5.32 Å². The highest BCUT2D eigenvalue weighted by Gasteiger charge is 2.29. The Morgan fingerprint density at radius 2 is 2.00 bits per heavy atom. The van der Waals surface area contributed by atoms with Gasteiger partial charge in [0.2, 0.25) is 10.0 Å². The van der Waals surface area contributed by atoms with Crippen LogP contribution in [0.1, 0.15) is 51.9 Å². The molecule has 0 unspecified atom stereocenters. The van der Waals surface area contributed by atoms with Crippen molar-refractivity contribution in [2.45, 2.75) is 64.9 Å². The van der Waals surface area contributed by atoms with Gasteiger partial charge in [0, 0.05) is 25.7 Å². The van der Waals surface area contributed by atoms with Crippen LogP contribution in [0.5, 0.6) is 0 Å². The van der Waals surface area contributed by atoms with E-state index in [0.717, 1.165) is 12.8 Å². The van der Waals surface area contributed by atoms with Crippen molar-refractivity contribution >= 4 is 10.0 Å². The molecule has 21 heavy (non-hydrogen) atoms. The van der Waals surface area contributed by atoms with Crippen LogP contribution >= 0.6 is 0 Å². The molecule has 0 saturated carbocycles. The van der Waals surface area contributed by atoms with Gasteiger partial charge in [-0.2, -0.15) is 9.40 Å². The lowest BCUT2D eigenvalue weighted by molar-refractivity contribution is 0.417. The first kappa shape index (κ1) is 18.1. The molecule has 0 bridgehead atoms. The van der Waals surface area contributed by atoms with Crippen LogP contribution in [0.25, 0.3) is 0 Å². The van der Waals surface area contributed by atoms with Crippen LogP contribution in [0.15, 0.2) is 4.90 Å². The summed E-state index contributed by atoms with van der Waals surface area (Å²) in [4.78, 5) is 0.327. The molecule has 0 aliphatic carbocycles. The van der Waals surface area contributed by atoms with E-state index < -0.39 is 10.0 Å². The first-order chi connectivity index (χ1) is 9.84. The molecule has 122 valence electrons. The van der Waals surface area contributed by atoms with Crippen molar-refractivity contribution in [2.75, 3.05) is 13.1 Å². The summed E-state index contributed by atoms with van der Waals surface area (Å²) in [6, 6.07) is 0.278. The molecule has 0 aliphatic rings. The Morgan fingerprint density at radius 1 is 1.33 bits per heavy atom. The largest absolute Gasteiger partial charge is 0.309 e. The van der Waals surface area contributed by atoms with E-state index in [4.69, 9.17) is 0 Å². The molecule has 1 heterocycles. The second kappa shape index (κ2) is 7.91. The van der Waals surface area contributed by atoms with Crippen LogP contribution in [-0.4, -0.2) is 42.1 Å². The first-order valence-electron chi connectivity index (χ1n) is 7.61. The average molecular weight is 316 g/mol. The Morgan fingerprint density at radius 3 is 2.52 bits per heavy atom. The highest BCUT2D eigenvalue weighted by Crippen LogP contribution is 2.22. The van der Waals surface area contributed by atoms with Gasteiger partial charge >= 0.3 is 0 Å². The zero-order valence-electron chi connectivity index (χ0n) is 13.7. The molecule has 0 atom stereocenters. The van der Waals surface area contributed by atoms with E-state index in [-0.39, 0.29) is 6.04 Å². The van der Waals surface area contributed by atoms with E-state index in [1.807, 2.05) is 20.8 Å². The number of rotatable bonds is 9. The lowest BCUT2D eigenvalue weighted by atomic mass is 10.3. The highest BCUT2D eigenvalue weighted by atomic mass is 32.2. The van der Waals surface area contributed by atoms with E-state index in [9.17, 15) is 8.42 Å². The molecule has 0 spiro atoms. The van der Waals surface area contributed by atoms with Crippen molar-refractivity contribution in [3.05, 3.63) is 11.4 Å². The van der Waals surface area contributed by atoms with Crippen molar-refractivity contribution in [1.29, 1.82) is 0 Å². The Labute approximate surface area is 128 Å². The molecule has 1 aromatic rings. The monoisotopic (exact) mass is 316 g/mol. The molecule has 0 amide bonds. The lowest BCUT2D eigenvalue weighted by Crippen LogP contribution is -2.33. The summed E-state index contributed by atoms with van der Waals surface area (Å²) in [6.07, 6.45) is 1.84. The SMILES string of the molecule is CCCCN(CC)S(=O)(=O)c1c(CNC(C)C)n[nH]c1C. The van der Waals surface area contributed by atoms with Crippen molar-refractivity contribution < 1.29 is 8.42 Å². The Kier molecular flexibility index (Phi) is 6.83. The summed E-state index contributed by atoms with van der Waals surface area (Å²) in [5.74, 6) is 0. The fourth-order valence-electron chi connectivity index (χ4n) is 2.14. The minimum atomic E-state index is -3.49. The molecular formula is C14H28N4O2S. The van der Waals surface area contributed by atoms with Crippen LogP contribution in [0, 0.1) is 6.92 Å². The predicted molar refractivity (Wildman–Crippen MR) is 84.6 cm³/mol. The summed E-state index contributed by atoms with van der Waals surface area (Å²) in [7, 11) is -3.49. The number of nitrogens with zero attached hydrogens (tertiary/aromatic N) is 2. The Bertz CT molecular complexity index is 537. The Balaban J connectivity index is 3.08. The third kappa shape index (κ3) is 4.52. The van der Waals surface area contributed by atoms with Crippen LogP contribution in [0.3, 0.4) is 0 Å². The minimum Gasteiger partial charge on any atom is -0.309 e. The number of sulfonamides is 1. The summed E-state index contributed by atoms with van der Waals surface area (Å²) >= 11 is 0. The van der Waals surface area contributed by atoms with Gasteiger partial charge in [-0.3, -0.25) is 5.10 Å². The maximum absolute atomic E-state index is 12.9. The van der Waals surface area contributed by atoms with Gasteiger partial charge in [0.05, 0.1) is 11.4 Å². The summed E-state index contributed by atoms with van der Waals surface area (Å²) in [6.45, 7) is 11.2. The molecule has 0 radical (unpaired) electrons. The van der Waals surface area contributed by atoms with Crippen LogP contribution in [0.2, 0.25) is 0 Å². The van der Waals surface area contributed by atoms with Gasteiger partial charge in [-0.25, -0.2) is 8.42 Å². The molecule has 6 nitrogen and oxygen atoms in total. The second-order valence-corrected chi connectivity index (χ2v) is 7.39. The van der Waals surface area contributed by atoms with E-state index >= 15 is 0 Å². The summed E-state index contributed by atoms with van der Waals surface area (Å²) in [5.41, 5.74) is 1.17. The van der Waals surface area contributed by atoms with Crippen molar-refractivity contribution in [1.82, 2.24) is 19.8 Å². The maximum Gasteiger partial charge on any atom is 0.246 e. The number of nitrogens with one attached hydrogen (secondary N) is 2. The van der Waals surface area contributed by atoms with Crippen molar-refractivity contribution in [3.8, 4) is 0 Å². The van der Waals surface area contributed by atoms with Gasteiger partial charge in [0.25, 0.3) is 0 Å². The highest BCUT2D eigenvalue weighted by molar-refractivity contribution is 7.89. The molecule has 0 saturated heterocycles. The molecular weight excluding hydrogens is 288 g/mol. The van der Waals surface area contributed by atoms with Crippen molar-refractivity contribution in [2.24, 2.45) is 0 Å². The third-order valence-corrected chi connectivity index (χ3v) is 5.53. The molecule has 1 rings (SSSR count). The van der Waals surface area contributed by atoms with Gasteiger partial charge in [-0.15, -0.1) is 0 Å². The Hall–Kier alpha value is -0.920. The van der Waals surface area contributed by atoms with E-state index in [1.165, 1.54) is 4.31 Å². The fraction of sp³-hybridized carbons (Fsp3) is 0.786. The minimum absolute atomic E-state index is 0.278. The second-order valence-electron chi connectivity index (χ2n) is 5.51. The number of aryl methyl sites for hydroxylation is 1. The number of hydrogen-bond acceptors (Lipinski definition) is 4. The maximum atomic E-state index is 12.9. The predicted octanol–water partition coefficient (Wildman–Crippen LogP) is 2.03. The summed E-state index contributed by atoms with van der Waals surface area (Å²) in [5, 5.41) is 10.2. The van der Waals surface area contributed by atoms with Crippen LogP contribution in [0.4, 0.5) is 0 Å². The number of H-pyrrole nitrogens is 1. The average Bonchev–Trinajstić information content (AvgIpc) is 2.78. The number of unbranched alkanes of at least 4 members (excludes halogenated alkanes) is 1. The van der Waals surface area contributed by atoms with Crippen molar-refractivity contribution in [3.63, 3.8) is 0 Å². The number of aromatic nitrogens is 2. The topological polar surface area (TPSA) is 78.1 Å². The van der Waals surface area contributed by atoms with Crippen LogP contribution in [-0.2, 0) is 16.6 Å². The zero-order valence-corrected chi connectivity index (χ0v) is 14.5. The fourth-order valence-corrected chi connectivity index (χ4v) is 3.96.